The highest BCUT2D eigenvalue weighted by molar-refractivity contribution is 5.85. The largest absolute Gasteiger partial charge is 0.391 e. The quantitative estimate of drug-likeness (QED) is 0.781. The van der Waals surface area contributed by atoms with E-state index >= 15 is 0 Å². The minimum absolute atomic E-state index is 0. The maximum atomic E-state index is 11.6. The van der Waals surface area contributed by atoms with Gasteiger partial charge in [-0.05, 0) is 13.0 Å². The summed E-state index contributed by atoms with van der Waals surface area (Å²) >= 11 is 0. The standard InChI is InChI=1S/C7H12F3NO.ClH/c8-7(9,10)2-4-12-6-1-3-11-5-6;/h6,11H,1-5H2;1H. The molecule has 0 spiro atoms. The van der Waals surface area contributed by atoms with Crippen molar-refractivity contribution in [2.75, 3.05) is 19.7 Å². The minimum Gasteiger partial charge on any atom is -0.376 e. The van der Waals surface area contributed by atoms with Gasteiger partial charge in [0.15, 0.2) is 0 Å². The molecular formula is C7H13ClF3NO. The van der Waals surface area contributed by atoms with Crippen LogP contribution < -0.4 is 5.32 Å². The molecule has 0 saturated carbocycles. The summed E-state index contributed by atoms with van der Waals surface area (Å²) in [6.07, 6.45) is -4.14. The summed E-state index contributed by atoms with van der Waals surface area (Å²) in [5.41, 5.74) is 0. The molecule has 0 radical (unpaired) electrons. The van der Waals surface area contributed by atoms with Crippen LogP contribution in [0.15, 0.2) is 0 Å². The average Bonchev–Trinajstić information content (AvgIpc) is 2.36. The normalized spacial score (nSPS) is 22.8. The summed E-state index contributed by atoms with van der Waals surface area (Å²) < 4.78 is 39.9. The highest BCUT2D eigenvalue weighted by atomic mass is 35.5. The third kappa shape index (κ3) is 6.12. The van der Waals surface area contributed by atoms with Crippen LogP contribution in [0, 0.1) is 0 Å². The number of nitrogens with one attached hydrogen (secondary N) is 1. The second-order valence-corrected chi connectivity index (χ2v) is 2.85. The lowest BCUT2D eigenvalue weighted by Gasteiger charge is -2.11. The predicted molar refractivity (Wildman–Crippen MR) is 45.1 cm³/mol. The highest BCUT2D eigenvalue weighted by Crippen LogP contribution is 2.19. The molecule has 1 heterocycles. The zero-order valence-electron chi connectivity index (χ0n) is 7.06. The molecule has 0 aliphatic carbocycles. The minimum atomic E-state index is -4.09. The highest BCUT2D eigenvalue weighted by Gasteiger charge is 2.27. The summed E-state index contributed by atoms with van der Waals surface area (Å²) in [5.74, 6) is 0. The Hall–Kier alpha value is -0.0000000000000000416. The number of hydrogen-bond acceptors (Lipinski definition) is 2. The van der Waals surface area contributed by atoms with Crippen molar-refractivity contribution >= 4 is 12.4 Å². The molecule has 2 nitrogen and oxygen atoms in total. The van der Waals surface area contributed by atoms with Gasteiger partial charge in [0.2, 0.25) is 0 Å². The Morgan fingerprint density at radius 2 is 2.08 bits per heavy atom. The zero-order valence-corrected chi connectivity index (χ0v) is 7.88. The predicted octanol–water partition coefficient (Wildman–Crippen LogP) is 1.74. The van der Waals surface area contributed by atoms with Gasteiger partial charge in [-0.25, -0.2) is 0 Å². The van der Waals surface area contributed by atoms with Crippen LogP contribution in [0.2, 0.25) is 0 Å². The molecule has 1 rings (SSSR count). The fourth-order valence-corrected chi connectivity index (χ4v) is 1.11. The number of halogens is 4. The molecule has 80 valence electrons. The van der Waals surface area contributed by atoms with Crippen LogP contribution in [0.4, 0.5) is 13.2 Å². The Morgan fingerprint density at radius 1 is 1.38 bits per heavy atom. The monoisotopic (exact) mass is 219 g/mol. The molecule has 1 unspecified atom stereocenters. The van der Waals surface area contributed by atoms with Crippen LogP contribution in [0.1, 0.15) is 12.8 Å². The second-order valence-electron chi connectivity index (χ2n) is 2.85. The van der Waals surface area contributed by atoms with Gasteiger partial charge in [0.05, 0.1) is 19.1 Å². The van der Waals surface area contributed by atoms with Gasteiger partial charge >= 0.3 is 6.18 Å². The van der Waals surface area contributed by atoms with E-state index in [4.69, 9.17) is 4.74 Å². The fourth-order valence-electron chi connectivity index (χ4n) is 1.11. The van der Waals surface area contributed by atoms with Gasteiger partial charge in [-0.3, -0.25) is 0 Å². The van der Waals surface area contributed by atoms with Gasteiger partial charge in [-0.1, -0.05) is 0 Å². The zero-order chi connectivity index (χ0) is 9.03. The molecule has 1 aliphatic rings. The molecule has 1 N–H and O–H groups in total. The van der Waals surface area contributed by atoms with E-state index in [0.29, 0.717) is 6.54 Å². The Morgan fingerprint density at radius 3 is 2.54 bits per heavy atom. The first kappa shape index (κ1) is 13.0. The van der Waals surface area contributed by atoms with Gasteiger partial charge in [-0.15, -0.1) is 12.4 Å². The smallest absolute Gasteiger partial charge is 0.376 e. The van der Waals surface area contributed by atoms with Crippen LogP contribution in [0.5, 0.6) is 0 Å². The van der Waals surface area contributed by atoms with Crippen molar-refractivity contribution < 1.29 is 17.9 Å². The summed E-state index contributed by atoms with van der Waals surface area (Å²) in [6.45, 7) is 1.31. The Kier molecular flexibility index (Phi) is 5.67. The van der Waals surface area contributed by atoms with Crippen molar-refractivity contribution in [2.24, 2.45) is 0 Å². The van der Waals surface area contributed by atoms with E-state index in [1.165, 1.54) is 0 Å². The van der Waals surface area contributed by atoms with E-state index < -0.39 is 12.6 Å². The molecular weight excluding hydrogens is 207 g/mol. The number of hydrogen-bond donors (Lipinski definition) is 1. The number of rotatable bonds is 3. The van der Waals surface area contributed by atoms with Gasteiger partial charge in [0.1, 0.15) is 0 Å². The van der Waals surface area contributed by atoms with Crippen molar-refractivity contribution in [3.8, 4) is 0 Å². The fraction of sp³-hybridized carbons (Fsp3) is 1.00. The third-order valence-corrected chi connectivity index (χ3v) is 1.75. The van der Waals surface area contributed by atoms with E-state index in [2.05, 4.69) is 5.32 Å². The van der Waals surface area contributed by atoms with Crippen molar-refractivity contribution in [2.45, 2.75) is 25.1 Å². The van der Waals surface area contributed by atoms with Crippen LogP contribution in [-0.4, -0.2) is 32.0 Å². The van der Waals surface area contributed by atoms with Crippen LogP contribution >= 0.6 is 12.4 Å². The van der Waals surface area contributed by atoms with E-state index in [1.54, 1.807) is 0 Å². The first-order valence-corrected chi connectivity index (χ1v) is 3.97. The van der Waals surface area contributed by atoms with Crippen molar-refractivity contribution in [3.05, 3.63) is 0 Å². The lowest BCUT2D eigenvalue weighted by molar-refractivity contribution is -0.148. The molecule has 0 bridgehead atoms. The Bertz CT molecular complexity index is 136. The van der Waals surface area contributed by atoms with Crippen LogP contribution in [0.3, 0.4) is 0 Å². The van der Waals surface area contributed by atoms with Crippen molar-refractivity contribution in [1.29, 1.82) is 0 Å². The molecule has 1 aliphatic heterocycles. The molecule has 0 aromatic carbocycles. The van der Waals surface area contributed by atoms with Gasteiger partial charge < -0.3 is 10.1 Å². The van der Waals surface area contributed by atoms with E-state index in [1.807, 2.05) is 0 Å². The second kappa shape index (κ2) is 5.67. The summed E-state index contributed by atoms with van der Waals surface area (Å²) in [7, 11) is 0. The molecule has 1 saturated heterocycles. The average molecular weight is 220 g/mol. The van der Waals surface area contributed by atoms with E-state index in [0.717, 1.165) is 13.0 Å². The lowest BCUT2D eigenvalue weighted by Crippen LogP contribution is -2.20. The van der Waals surface area contributed by atoms with Gasteiger partial charge in [0.25, 0.3) is 0 Å². The summed E-state index contributed by atoms with van der Waals surface area (Å²) in [4.78, 5) is 0. The molecule has 0 amide bonds. The molecule has 1 fully saturated rings. The van der Waals surface area contributed by atoms with Gasteiger partial charge in [-0.2, -0.15) is 13.2 Å². The SMILES string of the molecule is Cl.FC(F)(F)CCOC1CCNC1. The first-order chi connectivity index (χ1) is 5.58. The maximum Gasteiger partial charge on any atom is 0.391 e. The van der Waals surface area contributed by atoms with Crippen LogP contribution in [0.25, 0.3) is 0 Å². The summed E-state index contributed by atoms with van der Waals surface area (Å²) in [6, 6.07) is 0. The van der Waals surface area contributed by atoms with E-state index in [-0.39, 0.29) is 25.1 Å². The topological polar surface area (TPSA) is 21.3 Å². The molecule has 0 aromatic heterocycles. The maximum absolute atomic E-state index is 11.6. The number of alkyl halides is 3. The van der Waals surface area contributed by atoms with Gasteiger partial charge in [0, 0.05) is 6.54 Å². The first-order valence-electron chi connectivity index (χ1n) is 3.97. The Balaban J connectivity index is 0.00000144. The van der Waals surface area contributed by atoms with E-state index in [9.17, 15) is 13.2 Å². The molecule has 0 aromatic rings. The Labute approximate surface area is 81.2 Å². The van der Waals surface area contributed by atoms with Crippen molar-refractivity contribution in [3.63, 3.8) is 0 Å². The van der Waals surface area contributed by atoms with Crippen LogP contribution in [-0.2, 0) is 4.74 Å². The molecule has 1 atom stereocenters. The summed E-state index contributed by atoms with van der Waals surface area (Å²) in [5, 5.41) is 3.01. The lowest BCUT2D eigenvalue weighted by atomic mass is 10.3. The number of ether oxygens (including phenoxy) is 1. The molecule has 6 heteroatoms. The molecule has 13 heavy (non-hydrogen) atoms. The third-order valence-electron chi connectivity index (χ3n) is 1.75. The van der Waals surface area contributed by atoms with Crippen molar-refractivity contribution in [1.82, 2.24) is 5.32 Å².